The van der Waals surface area contributed by atoms with E-state index < -0.39 is 0 Å². The average molecular weight is 403 g/mol. The number of nitrogens with one attached hydrogen (secondary N) is 2. The lowest BCUT2D eigenvalue weighted by Crippen LogP contribution is -2.34. The highest BCUT2D eigenvalue weighted by Crippen LogP contribution is 2.29. The standard InChI is InChI=1S/C22H27ClN2O3/c1-13-8-14(2)19(20(26)9-13)12-25-22(27)18-10-16(23)11-21(15(18)3)28-17-4-6-24-7-5-17/h9-11,17,24H,4-8,12H2,1-3H3,(H,25,27). The molecule has 1 saturated heterocycles. The van der Waals surface area contributed by atoms with Crippen molar-refractivity contribution in [1.29, 1.82) is 0 Å². The molecule has 2 aliphatic rings. The number of allylic oxidation sites excluding steroid dienone is 3. The number of carbonyl (C=O) groups excluding carboxylic acids is 2. The number of carbonyl (C=O) groups is 2. The molecule has 28 heavy (non-hydrogen) atoms. The summed E-state index contributed by atoms with van der Waals surface area (Å²) in [4.78, 5) is 25.0. The number of ketones is 1. The minimum absolute atomic E-state index is 0.0284. The molecule has 0 atom stereocenters. The minimum atomic E-state index is -0.255. The Morgan fingerprint density at radius 1 is 1.25 bits per heavy atom. The molecule has 1 fully saturated rings. The van der Waals surface area contributed by atoms with Gasteiger partial charge in [0, 0.05) is 28.3 Å². The second-order valence-electron chi connectivity index (χ2n) is 7.62. The van der Waals surface area contributed by atoms with Crippen molar-refractivity contribution in [2.75, 3.05) is 19.6 Å². The van der Waals surface area contributed by atoms with Crippen LogP contribution in [0.1, 0.15) is 49.0 Å². The largest absolute Gasteiger partial charge is 0.490 e. The number of benzene rings is 1. The van der Waals surface area contributed by atoms with Gasteiger partial charge in [-0.2, -0.15) is 0 Å². The summed E-state index contributed by atoms with van der Waals surface area (Å²) in [6.07, 6.45) is 4.38. The van der Waals surface area contributed by atoms with Crippen molar-refractivity contribution in [1.82, 2.24) is 10.6 Å². The number of rotatable bonds is 5. The molecule has 3 rings (SSSR count). The summed E-state index contributed by atoms with van der Waals surface area (Å²) in [6, 6.07) is 3.41. The maximum Gasteiger partial charge on any atom is 0.252 e. The lowest BCUT2D eigenvalue weighted by atomic mass is 9.92. The fraction of sp³-hybridized carbons (Fsp3) is 0.455. The zero-order valence-electron chi connectivity index (χ0n) is 16.7. The van der Waals surface area contributed by atoms with Gasteiger partial charge in [0.1, 0.15) is 11.9 Å². The molecule has 1 amide bonds. The van der Waals surface area contributed by atoms with E-state index in [1.807, 2.05) is 20.8 Å². The molecule has 0 aromatic heterocycles. The lowest BCUT2D eigenvalue weighted by molar-refractivity contribution is -0.111. The summed E-state index contributed by atoms with van der Waals surface area (Å²) in [6.45, 7) is 7.80. The monoisotopic (exact) mass is 402 g/mol. The van der Waals surface area contributed by atoms with Gasteiger partial charge in [-0.3, -0.25) is 9.59 Å². The summed E-state index contributed by atoms with van der Waals surface area (Å²) in [5.74, 6) is 0.362. The van der Waals surface area contributed by atoms with E-state index in [0.29, 0.717) is 21.9 Å². The SMILES string of the molecule is CC1=CC(=O)C(CNC(=O)c2cc(Cl)cc(OC3CCNCC3)c2C)=C(C)C1. The van der Waals surface area contributed by atoms with E-state index in [0.717, 1.165) is 49.1 Å². The molecular formula is C22H27ClN2O3. The second kappa shape index (κ2) is 8.93. The molecule has 0 radical (unpaired) electrons. The van der Waals surface area contributed by atoms with Gasteiger partial charge in [-0.15, -0.1) is 0 Å². The number of hydrogen-bond acceptors (Lipinski definition) is 4. The third kappa shape index (κ3) is 4.83. The molecule has 0 saturated carbocycles. The van der Waals surface area contributed by atoms with Crippen LogP contribution in [0.5, 0.6) is 5.75 Å². The van der Waals surface area contributed by atoms with Gasteiger partial charge in [0.25, 0.3) is 5.91 Å². The van der Waals surface area contributed by atoms with E-state index in [2.05, 4.69) is 10.6 Å². The van der Waals surface area contributed by atoms with Crippen molar-refractivity contribution in [3.05, 3.63) is 51.1 Å². The molecule has 0 spiro atoms. The molecule has 2 N–H and O–H groups in total. The van der Waals surface area contributed by atoms with Crippen LogP contribution in [0.15, 0.2) is 34.9 Å². The number of ether oxygens (including phenoxy) is 1. The van der Waals surface area contributed by atoms with Crippen molar-refractivity contribution < 1.29 is 14.3 Å². The number of piperidine rings is 1. The topological polar surface area (TPSA) is 67.4 Å². The van der Waals surface area contributed by atoms with Crippen LogP contribution in [0.25, 0.3) is 0 Å². The van der Waals surface area contributed by atoms with Gasteiger partial charge in [0.15, 0.2) is 5.78 Å². The minimum Gasteiger partial charge on any atom is -0.490 e. The van der Waals surface area contributed by atoms with Crippen LogP contribution in [0, 0.1) is 6.92 Å². The zero-order valence-corrected chi connectivity index (χ0v) is 17.4. The van der Waals surface area contributed by atoms with E-state index in [-0.39, 0.29) is 24.3 Å². The second-order valence-corrected chi connectivity index (χ2v) is 8.05. The Bertz CT molecular complexity index is 852. The summed E-state index contributed by atoms with van der Waals surface area (Å²) < 4.78 is 6.12. The van der Waals surface area contributed by atoms with Crippen LogP contribution in [0.4, 0.5) is 0 Å². The van der Waals surface area contributed by atoms with Crippen LogP contribution in [0.3, 0.4) is 0 Å². The predicted octanol–water partition coefficient (Wildman–Crippen LogP) is 3.74. The van der Waals surface area contributed by atoms with E-state index in [9.17, 15) is 9.59 Å². The highest BCUT2D eigenvalue weighted by molar-refractivity contribution is 6.31. The molecule has 0 bridgehead atoms. The first-order valence-corrected chi connectivity index (χ1v) is 10.1. The van der Waals surface area contributed by atoms with Crippen molar-refractivity contribution >= 4 is 23.3 Å². The molecule has 0 unspecified atom stereocenters. The van der Waals surface area contributed by atoms with Gasteiger partial charge >= 0.3 is 0 Å². The Morgan fingerprint density at radius 3 is 2.64 bits per heavy atom. The average Bonchev–Trinajstić information content (AvgIpc) is 2.64. The van der Waals surface area contributed by atoms with Gasteiger partial charge in [0.2, 0.25) is 0 Å². The van der Waals surface area contributed by atoms with Gasteiger partial charge in [-0.1, -0.05) is 22.7 Å². The van der Waals surface area contributed by atoms with E-state index in [4.69, 9.17) is 16.3 Å². The van der Waals surface area contributed by atoms with E-state index >= 15 is 0 Å². The Hall–Kier alpha value is -2.11. The van der Waals surface area contributed by atoms with Gasteiger partial charge in [-0.05, 0) is 71.3 Å². The molecule has 1 aliphatic heterocycles. The predicted molar refractivity (Wildman–Crippen MR) is 111 cm³/mol. The Morgan fingerprint density at radius 2 is 1.96 bits per heavy atom. The third-order valence-corrected chi connectivity index (χ3v) is 5.53. The quantitative estimate of drug-likeness (QED) is 0.787. The Labute approximate surface area is 171 Å². The lowest BCUT2D eigenvalue weighted by Gasteiger charge is -2.25. The molecule has 5 nitrogen and oxygen atoms in total. The third-order valence-electron chi connectivity index (χ3n) is 5.31. The van der Waals surface area contributed by atoms with Crippen molar-refractivity contribution in [2.24, 2.45) is 0 Å². The molecule has 1 aliphatic carbocycles. The van der Waals surface area contributed by atoms with E-state index in [1.54, 1.807) is 18.2 Å². The highest BCUT2D eigenvalue weighted by Gasteiger charge is 2.21. The fourth-order valence-electron chi connectivity index (χ4n) is 3.70. The van der Waals surface area contributed by atoms with E-state index in [1.165, 1.54) is 0 Å². The van der Waals surface area contributed by atoms with Crippen LogP contribution >= 0.6 is 11.6 Å². The maximum atomic E-state index is 12.8. The molecular weight excluding hydrogens is 376 g/mol. The van der Waals surface area contributed by atoms with Crippen LogP contribution in [0.2, 0.25) is 5.02 Å². The summed E-state index contributed by atoms with van der Waals surface area (Å²) in [5.41, 5.74) is 3.94. The summed E-state index contributed by atoms with van der Waals surface area (Å²) >= 11 is 6.25. The van der Waals surface area contributed by atoms with Gasteiger partial charge in [0.05, 0.1) is 0 Å². The number of hydrogen-bond donors (Lipinski definition) is 2. The Balaban J connectivity index is 1.73. The smallest absolute Gasteiger partial charge is 0.252 e. The van der Waals surface area contributed by atoms with Crippen LogP contribution < -0.4 is 15.4 Å². The first kappa shape index (κ1) is 20.6. The molecule has 1 aromatic carbocycles. The van der Waals surface area contributed by atoms with Crippen molar-refractivity contribution in [3.8, 4) is 5.75 Å². The Kier molecular flexibility index (Phi) is 6.57. The molecule has 6 heteroatoms. The first-order valence-electron chi connectivity index (χ1n) is 9.71. The summed E-state index contributed by atoms with van der Waals surface area (Å²) in [5, 5.41) is 6.64. The van der Waals surface area contributed by atoms with Gasteiger partial charge in [-0.25, -0.2) is 0 Å². The molecule has 1 heterocycles. The summed E-state index contributed by atoms with van der Waals surface area (Å²) in [7, 11) is 0. The normalized spacial score (nSPS) is 18.1. The molecule has 1 aromatic rings. The van der Waals surface area contributed by atoms with Gasteiger partial charge < -0.3 is 15.4 Å². The van der Waals surface area contributed by atoms with Crippen LogP contribution in [-0.2, 0) is 4.79 Å². The fourth-order valence-corrected chi connectivity index (χ4v) is 3.91. The number of halogens is 1. The first-order chi connectivity index (χ1) is 13.3. The maximum absolute atomic E-state index is 12.8. The zero-order chi connectivity index (χ0) is 20.3. The van der Waals surface area contributed by atoms with Crippen molar-refractivity contribution in [2.45, 2.75) is 46.1 Å². The highest BCUT2D eigenvalue weighted by atomic mass is 35.5. The van der Waals surface area contributed by atoms with Crippen LogP contribution in [-0.4, -0.2) is 37.4 Å². The van der Waals surface area contributed by atoms with Crippen molar-refractivity contribution in [3.63, 3.8) is 0 Å². The molecule has 150 valence electrons. The number of amides is 1.